The smallest absolute Gasteiger partial charge is 0.251 e. The van der Waals surface area contributed by atoms with E-state index in [1.54, 1.807) is 12.1 Å². The molecule has 4 rings (SSSR count). The molecule has 6 nitrogen and oxygen atoms in total. The molecule has 1 aromatic heterocycles. The number of hydrogen-bond donors (Lipinski definition) is 2. The molecule has 2 N–H and O–H groups in total. The summed E-state index contributed by atoms with van der Waals surface area (Å²) < 4.78 is 10.9. The third kappa shape index (κ3) is 2.76. The molecule has 0 saturated carbocycles. The number of aromatic amines is 1. The van der Waals surface area contributed by atoms with Gasteiger partial charge >= 0.3 is 0 Å². The normalized spacial score (nSPS) is 13.0. The van der Waals surface area contributed by atoms with E-state index in [1.807, 2.05) is 24.3 Å². The zero-order chi connectivity index (χ0) is 16.5. The Hall–Kier alpha value is -2.73. The van der Waals surface area contributed by atoms with Crippen LogP contribution in [-0.2, 0) is 6.54 Å². The van der Waals surface area contributed by atoms with Crippen LogP contribution in [0.25, 0.3) is 11.0 Å². The Balaban J connectivity index is 1.50. The van der Waals surface area contributed by atoms with Gasteiger partial charge in [0.1, 0.15) is 19.0 Å². The molecule has 1 aliphatic heterocycles. The standard InChI is InChI=1S/C17H14ClN3O3/c18-11-7-10(8-14-16(11)24-6-5-23-14)17(22)19-9-15-20-12-3-1-2-4-13(12)21-15/h1-4,7-8H,5-6,9H2,(H,19,22)(H,20,21). The topological polar surface area (TPSA) is 76.2 Å². The Labute approximate surface area is 142 Å². The van der Waals surface area contributed by atoms with Crippen LogP contribution in [0.1, 0.15) is 16.2 Å². The number of imidazole rings is 1. The van der Waals surface area contributed by atoms with Crippen LogP contribution >= 0.6 is 11.6 Å². The number of fused-ring (bicyclic) bond motifs is 2. The summed E-state index contributed by atoms with van der Waals surface area (Å²) in [5.41, 5.74) is 2.22. The first-order chi connectivity index (χ1) is 11.7. The van der Waals surface area contributed by atoms with E-state index in [0.717, 1.165) is 11.0 Å². The van der Waals surface area contributed by atoms with Crippen molar-refractivity contribution in [2.45, 2.75) is 6.54 Å². The summed E-state index contributed by atoms with van der Waals surface area (Å²) in [7, 11) is 0. The number of para-hydroxylation sites is 2. The molecule has 3 aromatic rings. The van der Waals surface area contributed by atoms with Crippen molar-refractivity contribution in [2.75, 3.05) is 13.2 Å². The summed E-state index contributed by atoms with van der Waals surface area (Å²) in [5.74, 6) is 1.40. The molecular formula is C17H14ClN3O3. The van der Waals surface area contributed by atoms with Crippen molar-refractivity contribution >= 4 is 28.5 Å². The number of aromatic nitrogens is 2. The second-order valence-corrected chi connectivity index (χ2v) is 5.77. The van der Waals surface area contributed by atoms with Crippen LogP contribution in [0, 0.1) is 0 Å². The lowest BCUT2D eigenvalue weighted by atomic mass is 10.1. The van der Waals surface area contributed by atoms with Crippen LogP contribution in [0.5, 0.6) is 11.5 Å². The predicted octanol–water partition coefficient (Wildman–Crippen LogP) is 2.92. The fourth-order valence-corrected chi connectivity index (χ4v) is 2.86. The fraction of sp³-hybridized carbons (Fsp3) is 0.176. The van der Waals surface area contributed by atoms with Gasteiger partial charge in [-0.1, -0.05) is 23.7 Å². The van der Waals surface area contributed by atoms with Crippen molar-refractivity contribution in [1.29, 1.82) is 0 Å². The number of amides is 1. The molecule has 0 atom stereocenters. The van der Waals surface area contributed by atoms with Gasteiger partial charge in [0, 0.05) is 5.56 Å². The van der Waals surface area contributed by atoms with E-state index in [0.29, 0.717) is 47.7 Å². The lowest BCUT2D eigenvalue weighted by Gasteiger charge is -2.20. The van der Waals surface area contributed by atoms with Crippen molar-refractivity contribution < 1.29 is 14.3 Å². The minimum absolute atomic E-state index is 0.255. The second-order valence-electron chi connectivity index (χ2n) is 5.37. The summed E-state index contributed by atoms with van der Waals surface area (Å²) in [6.07, 6.45) is 0. The van der Waals surface area contributed by atoms with Crippen LogP contribution < -0.4 is 14.8 Å². The monoisotopic (exact) mass is 343 g/mol. The number of hydrogen-bond acceptors (Lipinski definition) is 4. The van der Waals surface area contributed by atoms with E-state index >= 15 is 0 Å². The molecule has 0 spiro atoms. The molecule has 2 aromatic carbocycles. The molecule has 7 heteroatoms. The van der Waals surface area contributed by atoms with Crippen LogP contribution in [0.2, 0.25) is 5.02 Å². The number of nitrogens with zero attached hydrogens (tertiary/aromatic N) is 1. The highest BCUT2D eigenvalue weighted by Gasteiger charge is 2.19. The third-order valence-corrected chi connectivity index (χ3v) is 3.99. The Morgan fingerprint density at radius 2 is 2.08 bits per heavy atom. The zero-order valence-electron chi connectivity index (χ0n) is 12.6. The molecule has 0 aliphatic carbocycles. The molecule has 0 fully saturated rings. The molecule has 0 saturated heterocycles. The van der Waals surface area contributed by atoms with Gasteiger partial charge in [0.2, 0.25) is 0 Å². The average molecular weight is 344 g/mol. The quantitative estimate of drug-likeness (QED) is 0.766. The van der Waals surface area contributed by atoms with Gasteiger partial charge in [-0.15, -0.1) is 0 Å². The van der Waals surface area contributed by atoms with Gasteiger partial charge in [-0.25, -0.2) is 4.98 Å². The second kappa shape index (κ2) is 6.05. The molecule has 0 bridgehead atoms. The average Bonchev–Trinajstić information content (AvgIpc) is 3.02. The van der Waals surface area contributed by atoms with E-state index in [4.69, 9.17) is 21.1 Å². The Bertz CT molecular complexity index is 890. The number of ether oxygens (including phenoxy) is 2. The van der Waals surface area contributed by atoms with Crippen LogP contribution in [0.4, 0.5) is 0 Å². The molecule has 2 heterocycles. The molecule has 122 valence electrons. The number of carbonyl (C=O) groups is 1. The summed E-state index contributed by atoms with van der Waals surface area (Å²) in [6.45, 7) is 1.18. The van der Waals surface area contributed by atoms with Gasteiger partial charge in [-0.3, -0.25) is 4.79 Å². The summed E-state index contributed by atoms with van der Waals surface area (Å²) >= 11 is 6.16. The van der Waals surface area contributed by atoms with Crippen molar-refractivity contribution in [1.82, 2.24) is 15.3 Å². The number of benzene rings is 2. The van der Waals surface area contributed by atoms with Gasteiger partial charge in [0.05, 0.1) is 22.6 Å². The molecule has 24 heavy (non-hydrogen) atoms. The number of nitrogens with one attached hydrogen (secondary N) is 2. The van der Waals surface area contributed by atoms with Gasteiger partial charge in [-0.2, -0.15) is 0 Å². The molecular weight excluding hydrogens is 330 g/mol. The first-order valence-corrected chi connectivity index (χ1v) is 7.89. The maximum absolute atomic E-state index is 12.4. The summed E-state index contributed by atoms with van der Waals surface area (Å²) in [6, 6.07) is 10.9. The van der Waals surface area contributed by atoms with Crippen LogP contribution in [0.3, 0.4) is 0 Å². The minimum atomic E-state index is -0.255. The maximum Gasteiger partial charge on any atom is 0.251 e. The number of H-pyrrole nitrogens is 1. The van der Waals surface area contributed by atoms with Crippen molar-refractivity contribution in [3.05, 3.63) is 52.8 Å². The van der Waals surface area contributed by atoms with E-state index in [1.165, 1.54) is 0 Å². The third-order valence-electron chi connectivity index (χ3n) is 3.71. The minimum Gasteiger partial charge on any atom is -0.486 e. The summed E-state index contributed by atoms with van der Waals surface area (Å²) in [4.78, 5) is 20.0. The lowest BCUT2D eigenvalue weighted by Crippen LogP contribution is -2.24. The first-order valence-electron chi connectivity index (χ1n) is 7.52. The Kier molecular flexibility index (Phi) is 3.74. The molecule has 1 amide bonds. The maximum atomic E-state index is 12.4. The van der Waals surface area contributed by atoms with Crippen molar-refractivity contribution in [3.8, 4) is 11.5 Å². The van der Waals surface area contributed by atoms with Crippen LogP contribution in [-0.4, -0.2) is 29.1 Å². The molecule has 1 aliphatic rings. The van der Waals surface area contributed by atoms with Gasteiger partial charge in [0.25, 0.3) is 5.91 Å². The molecule has 0 radical (unpaired) electrons. The van der Waals surface area contributed by atoms with E-state index in [2.05, 4.69) is 15.3 Å². The van der Waals surface area contributed by atoms with Gasteiger partial charge < -0.3 is 19.8 Å². The van der Waals surface area contributed by atoms with E-state index < -0.39 is 0 Å². The Morgan fingerprint density at radius 1 is 1.25 bits per heavy atom. The molecule has 0 unspecified atom stereocenters. The van der Waals surface area contributed by atoms with Crippen LogP contribution in [0.15, 0.2) is 36.4 Å². The van der Waals surface area contributed by atoms with Gasteiger partial charge in [0.15, 0.2) is 11.5 Å². The SMILES string of the molecule is O=C(NCc1nc2ccccc2[nH]1)c1cc(Cl)c2c(c1)OCCO2. The highest BCUT2D eigenvalue weighted by molar-refractivity contribution is 6.32. The van der Waals surface area contributed by atoms with E-state index in [9.17, 15) is 4.79 Å². The zero-order valence-corrected chi connectivity index (χ0v) is 13.4. The number of halogens is 1. The number of rotatable bonds is 3. The Morgan fingerprint density at radius 3 is 2.96 bits per heavy atom. The highest BCUT2D eigenvalue weighted by atomic mass is 35.5. The van der Waals surface area contributed by atoms with Crippen molar-refractivity contribution in [3.63, 3.8) is 0 Å². The van der Waals surface area contributed by atoms with E-state index in [-0.39, 0.29) is 5.91 Å². The highest BCUT2D eigenvalue weighted by Crippen LogP contribution is 2.38. The first kappa shape index (κ1) is 14.8. The fourth-order valence-electron chi connectivity index (χ4n) is 2.60. The summed E-state index contributed by atoms with van der Waals surface area (Å²) in [5, 5.41) is 3.18. The predicted molar refractivity (Wildman–Crippen MR) is 89.7 cm³/mol. The number of carbonyl (C=O) groups excluding carboxylic acids is 1. The largest absolute Gasteiger partial charge is 0.486 e. The van der Waals surface area contributed by atoms with Crippen molar-refractivity contribution in [2.24, 2.45) is 0 Å². The van der Waals surface area contributed by atoms with Gasteiger partial charge in [-0.05, 0) is 24.3 Å². The lowest BCUT2D eigenvalue weighted by molar-refractivity contribution is 0.0948.